The van der Waals surface area contributed by atoms with E-state index in [1.54, 1.807) is 12.3 Å². The molecule has 9 nitrogen and oxygen atoms in total. The predicted molar refractivity (Wildman–Crippen MR) is 122 cm³/mol. The Kier molecular flexibility index (Phi) is 5.78. The molecule has 2 N–H and O–H groups in total. The zero-order valence-corrected chi connectivity index (χ0v) is 18.7. The Bertz CT molecular complexity index is 1270. The SMILES string of the molecule is CN1CCCC1C(=O)N1CC=C(c2cnc(N)c(-c3nnnn3-c3cccc(F)c3F)c2)CC1. The maximum atomic E-state index is 14.4. The monoisotopic (exact) mass is 466 g/mol. The Morgan fingerprint density at radius 2 is 2.09 bits per heavy atom. The molecule has 11 heteroatoms. The number of hydrogen-bond donors (Lipinski definition) is 1. The molecule has 176 valence electrons. The van der Waals surface area contributed by atoms with Gasteiger partial charge >= 0.3 is 0 Å². The fourth-order valence-electron chi connectivity index (χ4n) is 4.57. The number of benzene rings is 1. The summed E-state index contributed by atoms with van der Waals surface area (Å²) in [6, 6.07) is 5.52. The van der Waals surface area contributed by atoms with Gasteiger partial charge in [0, 0.05) is 19.3 Å². The number of carbonyl (C=O) groups is 1. The molecule has 0 saturated carbocycles. The van der Waals surface area contributed by atoms with Crippen LogP contribution in [-0.4, -0.2) is 73.6 Å². The van der Waals surface area contributed by atoms with Crippen molar-refractivity contribution < 1.29 is 13.6 Å². The molecule has 3 aromatic rings. The molecule has 1 unspecified atom stereocenters. The smallest absolute Gasteiger partial charge is 0.240 e. The average Bonchev–Trinajstić information content (AvgIpc) is 3.50. The number of aromatic nitrogens is 5. The second-order valence-corrected chi connectivity index (χ2v) is 8.55. The highest BCUT2D eigenvalue weighted by Gasteiger charge is 2.32. The van der Waals surface area contributed by atoms with Crippen molar-refractivity contribution >= 4 is 17.3 Å². The fourth-order valence-corrected chi connectivity index (χ4v) is 4.57. The third kappa shape index (κ3) is 3.92. The van der Waals surface area contributed by atoms with E-state index in [0.29, 0.717) is 25.1 Å². The molecule has 0 spiro atoms. The summed E-state index contributed by atoms with van der Waals surface area (Å²) in [5, 5.41) is 11.4. The van der Waals surface area contributed by atoms with E-state index < -0.39 is 11.6 Å². The van der Waals surface area contributed by atoms with E-state index in [2.05, 4.69) is 25.4 Å². The van der Waals surface area contributed by atoms with Gasteiger partial charge in [-0.15, -0.1) is 5.10 Å². The highest BCUT2D eigenvalue weighted by molar-refractivity contribution is 5.84. The molecule has 0 aliphatic carbocycles. The zero-order valence-electron chi connectivity index (χ0n) is 18.7. The second kappa shape index (κ2) is 8.90. The highest BCUT2D eigenvalue weighted by Crippen LogP contribution is 2.31. The van der Waals surface area contributed by atoms with Crippen molar-refractivity contribution in [2.75, 3.05) is 32.4 Å². The minimum Gasteiger partial charge on any atom is -0.383 e. The summed E-state index contributed by atoms with van der Waals surface area (Å²) in [5.74, 6) is -1.59. The number of tetrazole rings is 1. The molecule has 5 rings (SSSR count). The van der Waals surface area contributed by atoms with Gasteiger partial charge in [0.15, 0.2) is 17.5 Å². The van der Waals surface area contributed by atoms with Gasteiger partial charge < -0.3 is 10.6 Å². The number of halogens is 2. The van der Waals surface area contributed by atoms with Crippen LogP contribution >= 0.6 is 0 Å². The summed E-state index contributed by atoms with van der Waals surface area (Å²) in [4.78, 5) is 21.2. The lowest BCUT2D eigenvalue weighted by Gasteiger charge is -2.31. The number of pyridine rings is 1. The molecule has 2 aromatic heterocycles. The van der Waals surface area contributed by atoms with Crippen LogP contribution in [0.1, 0.15) is 24.8 Å². The summed E-state index contributed by atoms with van der Waals surface area (Å²) in [7, 11) is 1.99. The summed E-state index contributed by atoms with van der Waals surface area (Å²) >= 11 is 0. The number of likely N-dealkylation sites (N-methyl/N-ethyl adjacent to an activating group) is 1. The van der Waals surface area contributed by atoms with Gasteiger partial charge in [-0.25, -0.2) is 13.8 Å². The molecule has 34 heavy (non-hydrogen) atoms. The number of nitrogen functional groups attached to an aromatic ring is 1. The Morgan fingerprint density at radius 3 is 2.82 bits per heavy atom. The molecule has 2 aliphatic rings. The van der Waals surface area contributed by atoms with Gasteiger partial charge in [0.05, 0.1) is 11.6 Å². The Morgan fingerprint density at radius 1 is 1.24 bits per heavy atom. The van der Waals surface area contributed by atoms with Crippen LogP contribution in [-0.2, 0) is 4.79 Å². The van der Waals surface area contributed by atoms with E-state index in [9.17, 15) is 13.6 Å². The standard InChI is InChI=1S/C23H24F2N8O/c1-31-9-3-6-19(31)23(34)32-10-7-14(8-11-32)15-12-16(21(26)27-13-15)22-28-29-30-33(22)18-5-2-4-17(24)20(18)25/h2,4-5,7,12-13,19H,3,6,8-11H2,1H3,(H2,26,27). The molecular formula is C23H24F2N8O. The van der Waals surface area contributed by atoms with Crippen LogP contribution in [0.2, 0.25) is 0 Å². The van der Waals surface area contributed by atoms with Crippen molar-refractivity contribution in [1.29, 1.82) is 0 Å². The van der Waals surface area contributed by atoms with E-state index in [0.717, 1.165) is 41.3 Å². The second-order valence-electron chi connectivity index (χ2n) is 8.55. The first-order valence-electron chi connectivity index (χ1n) is 11.1. The number of rotatable bonds is 4. The molecule has 1 saturated heterocycles. The quantitative estimate of drug-likeness (QED) is 0.629. The Labute approximate surface area is 194 Å². The van der Waals surface area contributed by atoms with Gasteiger partial charge in [-0.3, -0.25) is 9.69 Å². The molecule has 1 aromatic carbocycles. The third-order valence-corrected chi connectivity index (χ3v) is 6.49. The predicted octanol–water partition coefficient (Wildman–Crippen LogP) is 2.29. The lowest BCUT2D eigenvalue weighted by atomic mass is 9.98. The fraction of sp³-hybridized carbons (Fsp3) is 0.348. The van der Waals surface area contributed by atoms with Crippen molar-refractivity contribution in [2.24, 2.45) is 0 Å². The van der Waals surface area contributed by atoms with Gasteiger partial charge in [-0.2, -0.15) is 4.68 Å². The normalized spacial score (nSPS) is 18.9. The molecule has 0 bridgehead atoms. The van der Waals surface area contributed by atoms with Crippen molar-refractivity contribution in [3.63, 3.8) is 0 Å². The molecule has 1 amide bonds. The molecule has 2 aliphatic heterocycles. The van der Waals surface area contributed by atoms with Crippen LogP contribution in [0.4, 0.5) is 14.6 Å². The topological polar surface area (TPSA) is 106 Å². The van der Waals surface area contributed by atoms with Gasteiger partial charge in [-0.05, 0) is 72.6 Å². The van der Waals surface area contributed by atoms with Crippen molar-refractivity contribution in [2.45, 2.75) is 25.3 Å². The number of likely N-dealkylation sites (tertiary alicyclic amines) is 1. The van der Waals surface area contributed by atoms with Gasteiger partial charge in [0.2, 0.25) is 5.91 Å². The van der Waals surface area contributed by atoms with Crippen molar-refractivity contribution in [1.82, 2.24) is 35.0 Å². The van der Waals surface area contributed by atoms with E-state index in [-0.39, 0.29) is 29.3 Å². The van der Waals surface area contributed by atoms with Crippen LogP contribution in [0.25, 0.3) is 22.6 Å². The number of hydrogen-bond acceptors (Lipinski definition) is 7. The Balaban J connectivity index is 1.42. The van der Waals surface area contributed by atoms with E-state index in [4.69, 9.17) is 5.73 Å². The average molecular weight is 466 g/mol. The summed E-state index contributed by atoms with van der Waals surface area (Å²) in [5.41, 5.74) is 8.20. The Hall–Kier alpha value is -3.73. The molecule has 0 radical (unpaired) electrons. The summed E-state index contributed by atoms with van der Waals surface area (Å²) < 4.78 is 29.3. The largest absolute Gasteiger partial charge is 0.383 e. The lowest BCUT2D eigenvalue weighted by Crippen LogP contribution is -2.45. The third-order valence-electron chi connectivity index (χ3n) is 6.49. The summed E-state index contributed by atoms with van der Waals surface area (Å²) in [6.45, 7) is 2.08. The maximum absolute atomic E-state index is 14.4. The number of nitrogens with two attached hydrogens (primary N) is 1. The first kappa shape index (κ1) is 22.1. The van der Waals surface area contributed by atoms with E-state index in [1.807, 2.05) is 18.0 Å². The van der Waals surface area contributed by atoms with Crippen LogP contribution in [0, 0.1) is 11.6 Å². The first-order chi connectivity index (χ1) is 16.4. The summed E-state index contributed by atoms with van der Waals surface area (Å²) in [6.07, 6.45) is 6.28. The van der Waals surface area contributed by atoms with E-state index >= 15 is 0 Å². The van der Waals surface area contributed by atoms with Gasteiger partial charge in [0.25, 0.3) is 0 Å². The number of amides is 1. The number of anilines is 1. The first-order valence-corrected chi connectivity index (χ1v) is 11.1. The zero-order chi connectivity index (χ0) is 23.8. The highest BCUT2D eigenvalue weighted by atomic mass is 19.2. The van der Waals surface area contributed by atoms with Gasteiger partial charge in [-0.1, -0.05) is 12.1 Å². The number of carbonyl (C=O) groups excluding carboxylic acids is 1. The van der Waals surface area contributed by atoms with Crippen LogP contribution < -0.4 is 5.73 Å². The van der Waals surface area contributed by atoms with E-state index in [1.165, 1.54) is 12.1 Å². The van der Waals surface area contributed by atoms with Crippen molar-refractivity contribution in [3.8, 4) is 17.1 Å². The van der Waals surface area contributed by atoms with Crippen LogP contribution in [0.3, 0.4) is 0 Å². The molecule has 1 fully saturated rings. The minimum absolute atomic E-state index is 0.0400. The van der Waals surface area contributed by atoms with Crippen LogP contribution in [0.5, 0.6) is 0 Å². The van der Waals surface area contributed by atoms with Crippen molar-refractivity contribution in [3.05, 3.63) is 53.7 Å². The minimum atomic E-state index is -1.06. The number of nitrogens with zero attached hydrogens (tertiary/aromatic N) is 7. The lowest BCUT2D eigenvalue weighted by molar-refractivity contribution is -0.135. The van der Waals surface area contributed by atoms with Crippen LogP contribution in [0.15, 0.2) is 36.5 Å². The molecular weight excluding hydrogens is 442 g/mol. The molecule has 4 heterocycles. The molecule has 1 atom stereocenters. The van der Waals surface area contributed by atoms with Gasteiger partial charge in [0.1, 0.15) is 11.5 Å². The maximum Gasteiger partial charge on any atom is 0.240 e.